The molecule has 0 saturated carbocycles. The molecule has 1 aliphatic heterocycles. The molecule has 1 aliphatic rings. The minimum absolute atomic E-state index is 0.00388. The van der Waals surface area contributed by atoms with Crippen LogP contribution in [0.5, 0.6) is 0 Å². The Hall–Kier alpha value is -2.59. The highest BCUT2D eigenvalue weighted by molar-refractivity contribution is 6.30. The SMILES string of the molecule is O=C(c1cn(-c2ccc(Cl)cc2)c(=O)c2ccccc12)N1CCCCCC1. The van der Waals surface area contributed by atoms with Gasteiger partial charge in [0.2, 0.25) is 0 Å². The fourth-order valence-electron chi connectivity index (χ4n) is 3.70. The van der Waals surface area contributed by atoms with Crippen LogP contribution in [0.3, 0.4) is 0 Å². The standard InChI is InChI=1S/C22H21ClN2O2/c23-16-9-11-17(12-10-16)25-15-20(18-7-3-4-8-19(18)22(25)27)21(26)24-13-5-1-2-6-14-24/h3-4,7-12,15H,1-2,5-6,13-14H2. The van der Waals surface area contributed by atoms with Gasteiger partial charge < -0.3 is 4.90 Å². The van der Waals surface area contributed by atoms with E-state index in [4.69, 9.17) is 11.6 Å². The number of carbonyl (C=O) groups excluding carboxylic acids is 1. The number of rotatable bonds is 2. The molecule has 4 nitrogen and oxygen atoms in total. The maximum absolute atomic E-state index is 13.3. The number of fused-ring (bicyclic) bond motifs is 1. The van der Waals surface area contributed by atoms with Gasteiger partial charge in [-0.3, -0.25) is 14.2 Å². The Morgan fingerprint density at radius 2 is 1.48 bits per heavy atom. The minimum Gasteiger partial charge on any atom is -0.339 e. The molecule has 0 spiro atoms. The smallest absolute Gasteiger partial charge is 0.262 e. The van der Waals surface area contributed by atoms with Crippen molar-refractivity contribution in [1.29, 1.82) is 0 Å². The summed E-state index contributed by atoms with van der Waals surface area (Å²) in [5.74, 6) is -0.00388. The van der Waals surface area contributed by atoms with Crippen LogP contribution in [0.1, 0.15) is 36.0 Å². The van der Waals surface area contributed by atoms with Gasteiger partial charge in [-0.25, -0.2) is 0 Å². The average Bonchev–Trinajstić information content (AvgIpc) is 2.98. The normalized spacial score (nSPS) is 14.9. The molecule has 1 saturated heterocycles. The summed E-state index contributed by atoms with van der Waals surface area (Å²) in [6, 6.07) is 14.4. The van der Waals surface area contributed by atoms with Crippen LogP contribution in [0, 0.1) is 0 Å². The van der Waals surface area contributed by atoms with Crippen molar-refractivity contribution in [2.45, 2.75) is 25.7 Å². The number of amides is 1. The van der Waals surface area contributed by atoms with Crippen molar-refractivity contribution >= 4 is 28.3 Å². The number of pyridine rings is 1. The third-order valence-corrected chi connectivity index (χ3v) is 5.41. The van der Waals surface area contributed by atoms with Crippen LogP contribution >= 0.6 is 11.6 Å². The molecule has 2 aromatic carbocycles. The molecule has 1 aromatic heterocycles. The van der Waals surface area contributed by atoms with E-state index < -0.39 is 0 Å². The Balaban J connectivity index is 1.88. The second kappa shape index (κ2) is 7.57. The fraction of sp³-hybridized carbons (Fsp3) is 0.273. The van der Waals surface area contributed by atoms with Crippen molar-refractivity contribution in [1.82, 2.24) is 9.47 Å². The predicted octanol–water partition coefficient (Wildman–Crippen LogP) is 4.66. The first-order valence-corrected chi connectivity index (χ1v) is 9.72. The van der Waals surface area contributed by atoms with E-state index in [-0.39, 0.29) is 11.5 Å². The first kappa shape index (κ1) is 17.8. The van der Waals surface area contributed by atoms with E-state index >= 15 is 0 Å². The summed E-state index contributed by atoms with van der Waals surface area (Å²) in [4.78, 5) is 28.3. The van der Waals surface area contributed by atoms with Gasteiger partial charge in [-0.1, -0.05) is 42.6 Å². The van der Waals surface area contributed by atoms with Crippen LogP contribution < -0.4 is 5.56 Å². The van der Waals surface area contributed by atoms with Gasteiger partial charge in [-0.05, 0) is 43.2 Å². The van der Waals surface area contributed by atoms with Crippen molar-refractivity contribution < 1.29 is 4.79 Å². The second-order valence-electron chi connectivity index (χ2n) is 6.95. The molecule has 1 fully saturated rings. The van der Waals surface area contributed by atoms with Gasteiger partial charge in [0.15, 0.2) is 0 Å². The molecule has 0 atom stereocenters. The van der Waals surface area contributed by atoms with Gasteiger partial charge in [0.25, 0.3) is 11.5 Å². The Morgan fingerprint density at radius 3 is 2.15 bits per heavy atom. The van der Waals surface area contributed by atoms with E-state index in [1.54, 1.807) is 41.1 Å². The average molecular weight is 381 g/mol. The lowest BCUT2D eigenvalue weighted by Crippen LogP contribution is -2.33. The van der Waals surface area contributed by atoms with E-state index in [9.17, 15) is 9.59 Å². The third kappa shape index (κ3) is 3.50. The molecule has 2 heterocycles. The van der Waals surface area contributed by atoms with Crippen molar-refractivity contribution in [2.24, 2.45) is 0 Å². The van der Waals surface area contributed by atoms with E-state index in [1.807, 2.05) is 23.1 Å². The Labute approximate surface area is 163 Å². The predicted molar refractivity (Wildman–Crippen MR) is 109 cm³/mol. The van der Waals surface area contributed by atoms with Gasteiger partial charge >= 0.3 is 0 Å². The van der Waals surface area contributed by atoms with Gasteiger partial charge in [-0.15, -0.1) is 0 Å². The van der Waals surface area contributed by atoms with Gasteiger partial charge in [0.05, 0.1) is 5.56 Å². The number of carbonyl (C=O) groups is 1. The van der Waals surface area contributed by atoms with Crippen molar-refractivity contribution in [2.75, 3.05) is 13.1 Å². The van der Waals surface area contributed by atoms with Crippen LogP contribution in [0.15, 0.2) is 59.5 Å². The lowest BCUT2D eigenvalue weighted by atomic mass is 10.1. The second-order valence-corrected chi connectivity index (χ2v) is 7.38. The zero-order valence-electron chi connectivity index (χ0n) is 15.0. The summed E-state index contributed by atoms with van der Waals surface area (Å²) >= 11 is 5.98. The van der Waals surface area contributed by atoms with E-state index in [0.29, 0.717) is 27.0 Å². The van der Waals surface area contributed by atoms with E-state index in [2.05, 4.69) is 0 Å². The van der Waals surface area contributed by atoms with Gasteiger partial charge in [-0.2, -0.15) is 0 Å². The molecule has 0 bridgehead atoms. The monoisotopic (exact) mass is 380 g/mol. The summed E-state index contributed by atoms with van der Waals surface area (Å²) in [5.41, 5.74) is 1.13. The maximum atomic E-state index is 13.3. The summed E-state index contributed by atoms with van der Waals surface area (Å²) in [7, 11) is 0. The summed E-state index contributed by atoms with van der Waals surface area (Å²) < 4.78 is 1.55. The van der Waals surface area contributed by atoms with Crippen molar-refractivity contribution in [3.63, 3.8) is 0 Å². The number of halogens is 1. The number of hydrogen-bond acceptors (Lipinski definition) is 2. The first-order chi connectivity index (χ1) is 13.1. The van der Waals surface area contributed by atoms with Gasteiger partial charge in [0, 0.05) is 40.8 Å². The highest BCUT2D eigenvalue weighted by Crippen LogP contribution is 2.21. The largest absolute Gasteiger partial charge is 0.339 e. The minimum atomic E-state index is -0.139. The molecule has 3 aromatic rings. The van der Waals surface area contributed by atoms with Crippen molar-refractivity contribution in [3.8, 4) is 5.69 Å². The van der Waals surface area contributed by atoms with Crippen LogP contribution in [0.4, 0.5) is 0 Å². The maximum Gasteiger partial charge on any atom is 0.262 e. The quantitative estimate of drug-likeness (QED) is 0.648. The molecule has 0 N–H and O–H groups in total. The summed E-state index contributed by atoms with van der Waals surface area (Å²) in [6.07, 6.45) is 6.06. The Morgan fingerprint density at radius 1 is 0.852 bits per heavy atom. The van der Waals surface area contributed by atoms with Crippen LogP contribution in [0.2, 0.25) is 5.02 Å². The topological polar surface area (TPSA) is 42.3 Å². The molecular weight excluding hydrogens is 360 g/mol. The first-order valence-electron chi connectivity index (χ1n) is 9.35. The number of likely N-dealkylation sites (tertiary alicyclic amines) is 1. The molecule has 27 heavy (non-hydrogen) atoms. The van der Waals surface area contributed by atoms with Crippen molar-refractivity contribution in [3.05, 3.63) is 75.7 Å². The fourth-order valence-corrected chi connectivity index (χ4v) is 3.83. The highest BCUT2D eigenvalue weighted by Gasteiger charge is 2.21. The molecule has 138 valence electrons. The lowest BCUT2D eigenvalue weighted by Gasteiger charge is -2.22. The third-order valence-electron chi connectivity index (χ3n) is 5.15. The highest BCUT2D eigenvalue weighted by atomic mass is 35.5. The zero-order chi connectivity index (χ0) is 18.8. The summed E-state index contributed by atoms with van der Waals surface area (Å²) in [5, 5.41) is 1.86. The lowest BCUT2D eigenvalue weighted by molar-refractivity contribution is 0.0763. The molecule has 0 radical (unpaired) electrons. The molecule has 4 rings (SSSR count). The van der Waals surface area contributed by atoms with Crippen LogP contribution in [-0.2, 0) is 0 Å². The van der Waals surface area contributed by atoms with Gasteiger partial charge in [0.1, 0.15) is 0 Å². The zero-order valence-corrected chi connectivity index (χ0v) is 15.8. The molecule has 5 heteroatoms. The number of nitrogens with zero attached hydrogens (tertiary/aromatic N) is 2. The Kier molecular flexibility index (Phi) is 4.99. The van der Waals surface area contributed by atoms with Crippen LogP contribution in [-0.4, -0.2) is 28.5 Å². The molecule has 0 aliphatic carbocycles. The molecular formula is C22H21ClN2O2. The van der Waals surface area contributed by atoms with E-state index in [0.717, 1.165) is 38.8 Å². The molecule has 0 unspecified atom stereocenters. The number of hydrogen-bond donors (Lipinski definition) is 0. The number of benzene rings is 2. The van der Waals surface area contributed by atoms with E-state index in [1.165, 1.54) is 0 Å². The van der Waals surface area contributed by atoms with Crippen LogP contribution in [0.25, 0.3) is 16.5 Å². The molecule has 1 amide bonds. The Bertz CT molecular complexity index is 1030. The number of aromatic nitrogens is 1. The summed E-state index contributed by atoms with van der Waals surface area (Å²) in [6.45, 7) is 1.54.